The lowest BCUT2D eigenvalue weighted by Crippen LogP contribution is -2.33. The van der Waals surface area contributed by atoms with Gasteiger partial charge in [-0.25, -0.2) is 8.42 Å². The predicted molar refractivity (Wildman–Crippen MR) is 79.9 cm³/mol. The second-order valence-electron chi connectivity index (χ2n) is 4.11. The van der Waals surface area contributed by atoms with Crippen LogP contribution in [0, 0.1) is 0 Å². The van der Waals surface area contributed by atoms with E-state index in [1.165, 1.54) is 15.6 Å². The van der Waals surface area contributed by atoms with Gasteiger partial charge < -0.3 is 4.90 Å². The normalized spacial score (nSPS) is 12.6. The van der Waals surface area contributed by atoms with Crippen molar-refractivity contribution in [2.24, 2.45) is 0 Å². The lowest BCUT2D eigenvalue weighted by atomic mass is 10.5. The van der Waals surface area contributed by atoms with Crippen molar-refractivity contribution in [3.63, 3.8) is 0 Å². The SMILES string of the molecule is CN(C)CCN(C)S(=O)(=O)c1cc(CCl)sc1Br. The van der Waals surface area contributed by atoms with Gasteiger partial charge in [-0.3, -0.25) is 0 Å². The van der Waals surface area contributed by atoms with Crippen LogP contribution in [0.1, 0.15) is 4.88 Å². The summed E-state index contributed by atoms with van der Waals surface area (Å²) in [6.45, 7) is 1.13. The van der Waals surface area contributed by atoms with Gasteiger partial charge in [0.25, 0.3) is 0 Å². The number of halogens is 2. The average Bonchev–Trinajstić information content (AvgIpc) is 2.67. The molecular weight excluding hydrogens is 360 g/mol. The van der Waals surface area contributed by atoms with Gasteiger partial charge in [0.1, 0.15) is 4.90 Å². The second kappa shape index (κ2) is 6.67. The first kappa shape index (κ1) is 16.4. The number of hydrogen-bond acceptors (Lipinski definition) is 4. The summed E-state index contributed by atoms with van der Waals surface area (Å²) in [6, 6.07) is 1.63. The van der Waals surface area contributed by atoms with Gasteiger partial charge in [0.05, 0.1) is 9.67 Å². The minimum absolute atomic E-state index is 0.296. The molecule has 0 N–H and O–H groups in total. The van der Waals surface area contributed by atoms with Crippen LogP contribution < -0.4 is 0 Å². The molecule has 0 unspecified atom stereocenters. The zero-order valence-corrected chi connectivity index (χ0v) is 14.5. The van der Waals surface area contributed by atoms with E-state index in [2.05, 4.69) is 15.9 Å². The Labute approximate surface area is 126 Å². The monoisotopic (exact) mass is 374 g/mol. The molecule has 0 radical (unpaired) electrons. The number of rotatable bonds is 6. The molecule has 8 heteroatoms. The summed E-state index contributed by atoms with van der Waals surface area (Å²) in [5, 5.41) is 0. The van der Waals surface area contributed by atoms with Crippen molar-refractivity contribution < 1.29 is 8.42 Å². The van der Waals surface area contributed by atoms with E-state index < -0.39 is 10.0 Å². The van der Waals surface area contributed by atoms with Crippen molar-refractivity contribution >= 4 is 48.9 Å². The highest BCUT2D eigenvalue weighted by Gasteiger charge is 2.25. The molecular formula is C10H16BrClN2O2S2. The molecule has 4 nitrogen and oxygen atoms in total. The Morgan fingerprint density at radius 3 is 2.39 bits per heavy atom. The maximum Gasteiger partial charge on any atom is 0.244 e. The Morgan fingerprint density at radius 2 is 1.94 bits per heavy atom. The highest BCUT2D eigenvalue weighted by molar-refractivity contribution is 9.11. The first-order valence-electron chi connectivity index (χ1n) is 5.24. The molecule has 0 aliphatic heterocycles. The molecule has 0 spiro atoms. The number of hydrogen-bond donors (Lipinski definition) is 0. The van der Waals surface area contributed by atoms with E-state index in [0.717, 1.165) is 4.88 Å². The van der Waals surface area contributed by atoms with E-state index in [-0.39, 0.29) is 0 Å². The highest BCUT2D eigenvalue weighted by atomic mass is 79.9. The van der Waals surface area contributed by atoms with Crippen molar-refractivity contribution in [2.45, 2.75) is 10.8 Å². The van der Waals surface area contributed by atoms with E-state index in [1.54, 1.807) is 13.1 Å². The van der Waals surface area contributed by atoms with Crippen LogP contribution in [-0.4, -0.2) is 51.9 Å². The molecule has 0 amide bonds. The molecule has 0 bridgehead atoms. The largest absolute Gasteiger partial charge is 0.308 e. The number of nitrogens with zero attached hydrogens (tertiary/aromatic N) is 2. The van der Waals surface area contributed by atoms with Crippen LogP contribution in [0.15, 0.2) is 14.7 Å². The molecule has 0 atom stereocenters. The minimum Gasteiger partial charge on any atom is -0.308 e. The fourth-order valence-electron chi connectivity index (χ4n) is 1.27. The van der Waals surface area contributed by atoms with E-state index in [0.29, 0.717) is 27.7 Å². The Bertz CT molecular complexity index is 502. The Hall–Kier alpha value is 0.340. The number of thiophene rings is 1. The van der Waals surface area contributed by atoms with Gasteiger partial charge in [0, 0.05) is 25.0 Å². The van der Waals surface area contributed by atoms with Crippen molar-refractivity contribution in [3.8, 4) is 0 Å². The third kappa shape index (κ3) is 3.91. The number of likely N-dealkylation sites (N-methyl/N-ethyl adjacent to an activating group) is 2. The summed E-state index contributed by atoms with van der Waals surface area (Å²) in [7, 11) is 1.96. The molecule has 18 heavy (non-hydrogen) atoms. The third-order valence-corrected chi connectivity index (χ3v) is 6.94. The molecule has 0 saturated carbocycles. The van der Waals surface area contributed by atoms with Crippen molar-refractivity contribution in [3.05, 3.63) is 14.7 Å². The van der Waals surface area contributed by atoms with Crippen LogP contribution in [0.5, 0.6) is 0 Å². The Balaban J connectivity index is 2.94. The summed E-state index contributed by atoms with van der Waals surface area (Å²) >= 11 is 10.4. The van der Waals surface area contributed by atoms with Crippen molar-refractivity contribution in [2.75, 3.05) is 34.2 Å². The first-order valence-corrected chi connectivity index (χ1v) is 8.82. The van der Waals surface area contributed by atoms with Gasteiger partial charge in [-0.15, -0.1) is 22.9 Å². The lowest BCUT2D eigenvalue weighted by Gasteiger charge is -2.19. The van der Waals surface area contributed by atoms with Gasteiger partial charge in [0.15, 0.2) is 0 Å². The lowest BCUT2D eigenvalue weighted by molar-refractivity contribution is 0.358. The molecule has 1 heterocycles. The van der Waals surface area contributed by atoms with Gasteiger partial charge in [0.2, 0.25) is 10.0 Å². The summed E-state index contributed by atoms with van der Waals surface area (Å²) in [5.41, 5.74) is 0. The van der Waals surface area contributed by atoms with E-state index >= 15 is 0 Å². The zero-order valence-electron chi connectivity index (χ0n) is 10.5. The van der Waals surface area contributed by atoms with Crippen LogP contribution in [0.4, 0.5) is 0 Å². The summed E-state index contributed by atoms with van der Waals surface area (Å²) in [5.74, 6) is 0.320. The Kier molecular flexibility index (Phi) is 6.08. The molecule has 104 valence electrons. The quantitative estimate of drug-likeness (QED) is 0.717. The van der Waals surface area contributed by atoms with Gasteiger partial charge in [-0.05, 0) is 36.1 Å². The van der Waals surface area contributed by atoms with E-state index in [4.69, 9.17) is 11.6 Å². The molecule has 1 aromatic rings. The Morgan fingerprint density at radius 1 is 1.33 bits per heavy atom. The summed E-state index contributed by atoms with van der Waals surface area (Å²) < 4.78 is 26.6. The maximum absolute atomic E-state index is 12.3. The molecule has 0 saturated heterocycles. The van der Waals surface area contributed by atoms with E-state index in [9.17, 15) is 8.42 Å². The fourth-order valence-corrected chi connectivity index (χ4v) is 5.15. The smallest absolute Gasteiger partial charge is 0.244 e. The third-order valence-electron chi connectivity index (χ3n) is 2.39. The summed E-state index contributed by atoms with van der Waals surface area (Å²) in [4.78, 5) is 3.08. The van der Waals surface area contributed by atoms with Gasteiger partial charge in [-0.2, -0.15) is 4.31 Å². The summed E-state index contributed by atoms with van der Waals surface area (Å²) in [6.07, 6.45) is 0. The molecule has 1 rings (SSSR count). The van der Waals surface area contributed by atoms with Gasteiger partial charge in [-0.1, -0.05) is 0 Å². The van der Waals surface area contributed by atoms with Crippen LogP contribution in [-0.2, 0) is 15.9 Å². The molecule has 0 aromatic carbocycles. The first-order chi connectivity index (χ1) is 8.28. The van der Waals surface area contributed by atoms with Crippen molar-refractivity contribution in [1.29, 1.82) is 0 Å². The van der Waals surface area contributed by atoms with Crippen molar-refractivity contribution in [1.82, 2.24) is 9.21 Å². The van der Waals surface area contributed by atoms with Crippen LogP contribution in [0.25, 0.3) is 0 Å². The van der Waals surface area contributed by atoms with Crippen LogP contribution in [0.3, 0.4) is 0 Å². The minimum atomic E-state index is -3.44. The molecule has 0 aliphatic carbocycles. The topological polar surface area (TPSA) is 40.6 Å². The second-order valence-corrected chi connectivity index (χ2v) is 8.85. The van der Waals surface area contributed by atoms with Crippen LogP contribution in [0.2, 0.25) is 0 Å². The number of alkyl halides is 1. The fraction of sp³-hybridized carbons (Fsp3) is 0.600. The standard InChI is InChI=1S/C10H16BrClN2O2S2/c1-13(2)4-5-14(3)18(15,16)9-6-8(7-12)17-10(9)11/h6H,4-5,7H2,1-3H3. The molecule has 0 aliphatic rings. The molecule has 0 fully saturated rings. The predicted octanol–water partition coefficient (Wildman–Crippen LogP) is 2.43. The van der Waals surface area contributed by atoms with Gasteiger partial charge >= 0.3 is 0 Å². The zero-order chi connectivity index (χ0) is 13.9. The maximum atomic E-state index is 12.3. The molecule has 1 aromatic heterocycles. The van der Waals surface area contributed by atoms with Crippen LogP contribution >= 0.6 is 38.9 Å². The average molecular weight is 376 g/mol. The highest BCUT2D eigenvalue weighted by Crippen LogP contribution is 2.33. The van der Waals surface area contributed by atoms with E-state index in [1.807, 2.05) is 19.0 Å². The number of sulfonamides is 1.